The molecule has 0 atom stereocenters. The minimum absolute atomic E-state index is 0.188. The van der Waals surface area contributed by atoms with Crippen molar-refractivity contribution >= 4 is 5.82 Å². The van der Waals surface area contributed by atoms with Crippen LogP contribution in [0, 0.1) is 13.8 Å². The number of aryl methyl sites for hydroxylation is 2. The molecule has 0 aliphatic carbocycles. The summed E-state index contributed by atoms with van der Waals surface area (Å²) < 4.78 is 6.15. The van der Waals surface area contributed by atoms with Gasteiger partial charge >= 0.3 is 0 Å². The monoisotopic (exact) mass is 277 g/mol. The summed E-state index contributed by atoms with van der Waals surface area (Å²) in [4.78, 5) is 7.08. The van der Waals surface area contributed by atoms with Crippen LogP contribution in [0.4, 0.5) is 5.82 Å². The minimum atomic E-state index is -0.188. The highest BCUT2D eigenvalue weighted by Crippen LogP contribution is 2.33. The molecule has 2 rings (SSSR count). The molecule has 0 aromatic carbocycles. The van der Waals surface area contributed by atoms with Crippen LogP contribution in [0.15, 0.2) is 6.07 Å². The van der Waals surface area contributed by atoms with Crippen LogP contribution >= 0.6 is 0 Å². The molecule has 1 aliphatic heterocycles. The summed E-state index contributed by atoms with van der Waals surface area (Å²) in [6.45, 7) is 14.9. The van der Waals surface area contributed by atoms with E-state index in [-0.39, 0.29) is 11.2 Å². The Balaban J connectivity index is 2.45. The van der Waals surface area contributed by atoms with E-state index < -0.39 is 0 Å². The van der Waals surface area contributed by atoms with Gasteiger partial charge in [0.25, 0.3) is 0 Å². The number of hydrogen-bond acceptors (Lipinski definition) is 4. The predicted octanol–water partition coefficient (Wildman–Crippen LogP) is 2.55. The van der Waals surface area contributed by atoms with E-state index in [1.807, 2.05) is 6.92 Å². The van der Waals surface area contributed by atoms with Crippen molar-refractivity contribution in [3.63, 3.8) is 0 Å². The van der Waals surface area contributed by atoms with E-state index in [2.05, 4.69) is 45.6 Å². The number of nitrogens with two attached hydrogens (primary N) is 1. The van der Waals surface area contributed by atoms with Crippen molar-refractivity contribution in [3.8, 4) is 0 Å². The Kier molecular flexibility index (Phi) is 3.82. The third-order valence-electron chi connectivity index (χ3n) is 3.65. The average molecular weight is 277 g/mol. The van der Waals surface area contributed by atoms with E-state index >= 15 is 0 Å². The Morgan fingerprint density at radius 2 is 1.75 bits per heavy atom. The average Bonchev–Trinajstić information content (AvgIpc) is 2.23. The molecule has 1 aromatic rings. The lowest BCUT2D eigenvalue weighted by Gasteiger charge is -2.48. The fraction of sp³-hybridized carbons (Fsp3) is 0.688. The van der Waals surface area contributed by atoms with Crippen molar-refractivity contribution < 1.29 is 4.74 Å². The Morgan fingerprint density at radius 1 is 1.20 bits per heavy atom. The van der Waals surface area contributed by atoms with Gasteiger partial charge in [-0.3, -0.25) is 0 Å². The second kappa shape index (κ2) is 5.01. The fourth-order valence-corrected chi connectivity index (χ4v) is 3.29. The number of hydrogen-bond donors (Lipinski definition) is 1. The largest absolute Gasteiger partial charge is 0.366 e. The fourth-order valence-electron chi connectivity index (χ4n) is 3.29. The number of pyridine rings is 1. The van der Waals surface area contributed by atoms with Gasteiger partial charge in [-0.1, -0.05) is 0 Å². The zero-order valence-corrected chi connectivity index (χ0v) is 13.6. The summed E-state index contributed by atoms with van der Waals surface area (Å²) in [5.74, 6) is 1.02. The van der Waals surface area contributed by atoms with Crippen LogP contribution in [0.1, 0.15) is 44.5 Å². The molecule has 2 heterocycles. The quantitative estimate of drug-likeness (QED) is 0.902. The summed E-state index contributed by atoms with van der Waals surface area (Å²) in [6, 6.07) is 2.10. The van der Waals surface area contributed by atoms with Crippen molar-refractivity contribution in [2.24, 2.45) is 5.73 Å². The molecule has 4 heteroatoms. The Labute approximate surface area is 122 Å². The van der Waals surface area contributed by atoms with E-state index in [1.165, 1.54) is 5.56 Å². The summed E-state index contributed by atoms with van der Waals surface area (Å²) in [5.41, 5.74) is 8.97. The van der Waals surface area contributed by atoms with E-state index in [1.54, 1.807) is 0 Å². The molecule has 1 saturated heterocycles. The molecule has 20 heavy (non-hydrogen) atoms. The summed E-state index contributed by atoms with van der Waals surface area (Å²) in [7, 11) is 0. The number of anilines is 1. The Morgan fingerprint density at radius 3 is 2.25 bits per heavy atom. The number of nitrogens with zero attached hydrogens (tertiary/aromatic N) is 2. The number of ether oxygens (including phenoxy) is 1. The van der Waals surface area contributed by atoms with Gasteiger partial charge in [0.05, 0.1) is 11.2 Å². The zero-order chi connectivity index (χ0) is 15.1. The minimum Gasteiger partial charge on any atom is -0.366 e. The molecular weight excluding hydrogens is 250 g/mol. The highest BCUT2D eigenvalue weighted by Gasteiger charge is 2.39. The Hall–Kier alpha value is -1.13. The lowest BCUT2D eigenvalue weighted by atomic mass is 9.98. The number of rotatable bonds is 2. The molecule has 112 valence electrons. The van der Waals surface area contributed by atoms with Crippen LogP contribution in [0.3, 0.4) is 0 Å². The van der Waals surface area contributed by atoms with E-state index in [4.69, 9.17) is 15.5 Å². The van der Waals surface area contributed by atoms with Crippen LogP contribution in [-0.4, -0.2) is 29.3 Å². The van der Waals surface area contributed by atoms with Gasteiger partial charge in [0.2, 0.25) is 0 Å². The molecule has 1 fully saturated rings. The first-order valence-electron chi connectivity index (χ1n) is 7.26. The highest BCUT2D eigenvalue weighted by molar-refractivity contribution is 5.52. The maximum Gasteiger partial charge on any atom is 0.133 e. The van der Waals surface area contributed by atoms with Crippen molar-refractivity contribution in [2.45, 2.75) is 59.3 Å². The van der Waals surface area contributed by atoms with Crippen molar-refractivity contribution in [1.29, 1.82) is 0 Å². The van der Waals surface area contributed by atoms with Crippen molar-refractivity contribution in [2.75, 3.05) is 18.0 Å². The molecular formula is C16H27N3O. The van der Waals surface area contributed by atoms with Crippen LogP contribution in [0.2, 0.25) is 0 Å². The molecule has 0 spiro atoms. The van der Waals surface area contributed by atoms with Gasteiger partial charge in [0, 0.05) is 30.9 Å². The van der Waals surface area contributed by atoms with Gasteiger partial charge in [-0.25, -0.2) is 4.98 Å². The van der Waals surface area contributed by atoms with E-state index in [0.29, 0.717) is 6.54 Å². The first-order chi connectivity index (χ1) is 9.13. The van der Waals surface area contributed by atoms with Gasteiger partial charge < -0.3 is 15.4 Å². The number of aromatic nitrogens is 1. The summed E-state index contributed by atoms with van der Waals surface area (Å²) in [5, 5.41) is 0. The lowest BCUT2D eigenvalue weighted by molar-refractivity contribution is -0.133. The molecule has 1 aromatic heterocycles. The summed E-state index contributed by atoms with van der Waals surface area (Å²) >= 11 is 0. The maximum atomic E-state index is 6.15. The maximum absolute atomic E-state index is 6.15. The molecule has 0 bridgehead atoms. The molecule has 0 amide bonds. The third-order valence-corrected chi connectivity index (χ3v) is 3.65. The molecule has 4 nitrogen and oxygen atoms in total. The van der Waals surface area contributed by atoms with Gasteiger partial charge in [-0.2, -0.15) is 0 Å². The van der Waals surface area contributed by atoms with Gasteiger partial charge in [0.1, 0.15) is 5.82 Å². The molecule has 2 N–H and O–H groups in total. The van der Waals surface area contributed by atoms with Crippen LogP contribution in [0.5, 0.6) is 0 Å². The first kappa shape index (κ1) is 15.3. The topological polar surface area (TPSA) is 51.4 Å². The first-order valence-corrected chi connectivity index (χ1v) is 7.26. The smallest absolute Gasteiger partial charge is 0.133 e. The van der Waals surface area contributed by atoms with Gasteiger partial charge in [0.15, 0.2) is 0 Å². The Bertz CT molecular complexity index is 493. The zero-order valence-electron chi connectivity index (χ0n) is 13.6. The van der Waals surface area contributed by atoms with Crippen molar-refractivity contribution in [1.82, 2.24) is 4.98 Å². The van der Waals surface area contributed by atoms with Crippen LogP contribution in [-0.2, 0) is 11.3 Å². The van der Waals surface area contributed by atoms with Gasteiger partial charge in [-0.05, 0) is 53.2 Å². The predicted molar refractivity (Wildman–Crippen MR) is 83.1 cm³/mol. The molecule has 0 radical (unpaired) electrons. The third kappa shape index (κ3) is 3.13. The molecule has 0 unspecified atom stereocenters. The van der Waals surface area contributed by atoms with E-state index in [9.17, 15) is 0 Å². The van der Waals surface area contributed by atoms with Crippen molar-refractivity contribution in [3.05, 3.63) is 22.9 Å². The van der Waals surface area contributed by atoms with Crippen LogP contribution in [0.25, 0.3) is 0 Å². The molecule has 1 aliphatic rings. The second-order valence-electron chi connectivity index (χ2n) is 7.06. The lowest BCUT2D eigenvalue weighted by Crippen LogP contribution is -2.57. The SMILES string of the molecule is Cc1cc(C)c(CN)c(N2CC(C)(C)OC(C)(C)C2)n1. The molecule has 0 saturated carbocycles. The van der Waals surface area contributed by atoms with Crippen LogP contribution < -0.4 is 10.6 Å². The second-order valence-corrected chi connectivity index (χ2v) is 7.06. The number of morpholine rings is 1. The highest BCUT2D eigenvalue weighted by atomic mass is 16.5. The van der Waals surface area contributed by atoms with E-state index in [0.717, 1.165) is 30.2 Å². The standard InChI is InChI=1S/C16H27N3O/c1-11-7-12(2)18-14(13(11)8-17)19-9-15(3,4)20-16(5,6)10-19/h7H,8-10,17H2,1-6H3. The summed E-state index contributed by atoms with van der Waals surface area (Å²) in [6.07, 6.45) is 0. The normalized spacial score (nSPS) is 21.1. The van der Waals surface area contributed by atoms with Gasteiger partial charge in [-0.15, -0.1) is 0 Å².